The van der Waals surface area contributed by atoms with Crippen LogP contribution in [0.5, 0.6) is 0 Å². The SMILES string of the molecule is CCN1C(=O)/C(=C/c2ccc(Cl)cc2Cl)SC1=Nc1ccccc1C(=O)O. The van der Waals surface area contributed by atoms with Crippen molar-refractivity contribution in [2.24, 2.45) is 4.99 Å². The van der Waals surface area contributed by atoms with Gasteiger partial charge in [-0.25, -0.2) is 9.79 Å². The Kier molecular flexibility index (Phi) is 5.89. The summed E-state index contributed by atoms with van der Waals surface area (Å²) in [4.78, 5) is 30.5. The van der Waals surface area contributed by atoms with E-state index in [0.29, 0.717) is 37.9 Å². The van der Waals surface area contributed by atoms with Crippen molar-refractivity contribution in [1.82, 2.24) is 4.90 Å². The molecular formula is C19H14Cl2N2O3S. The fourth-order valence-electron chi connectivity index (χ4n) is 2.49. The van der Waals surface area contributed by atoms with Gasteiger partial charge in [0, 0.05) is 16.6 Å². The van der Waals surface area contributed by atoms with E-state index in [1.54, 1.807) is 42.5 Å². The first kappa shape index (κ1) is 19.5. The van der Waals surface area contributed by atoms with E-state index in [1.165, 1.54) is 22.7 Å². The van der Waals surface area contributed by atoms with Gasteiger partial charge in [0.2, 0.25) is 0 Å². The maximum Gasteiger partial charge on any atom is 0.337 e. The van der Waals surface area contributed by atoms with Crippen LogP contribution in [0.3, 0.4) is 0 Å². The highest BCUT2D eigenvalue weighted by molar-refractivity contribution is 8.18. The molecule has 138 valence electrons. The van der Waals surface area contributed by atoms with Crippen LogP contribution < -0.4 is 0 Å². The van der Waals surface area contributed by atoms with E-state index in [1.807, 2.05) is 6.92 Å². The number of hydrogen-bond acceptors (Lipinski definition) is 4. The predicted molar refractivity (Wildman–Crippen MR) is 110 cm³/mol. The van der Waals surface area contributed by atoms with Crippen LogP contribution in [0.2, 0.25) is 10.0 Å². The molecular weight excluding hydrogens is 407 g/mol. The lowest BCUT2D eigenvalue weighted by Gasteiger charge is -2.12. The highest BCUT2D eigenvalue weighted by Crippen LogP contribution is 2.36. The summed E-state index contributed by atoms with van der Waals surface area (Å²) in [6, 6.07) is 11.4. The second-order valence-electron chi connectivity index (χ2n) is 5.54. The molecule has 1 fully saturated rings. The summed E-state index contributed by atoms with van der Waals surface area (Å²) in [7, 11) is 0. The van der Waals surface area contributed by atoms with Gasteiger partial charge in [0.15, 0.2) is 5.17 Å². The zero-order chi connectivity index (χ0) is 19.6. The van der Waals surface area contributed by atoms with Crippen molar-refractivity contribution in [3.8, 4) is 0 Å². The van der Waals surface area contributed by atoms with Crippen LogP contribution in [0.4, 0.5) is 5.69 Å². The molecule has 1 heterocycles. The average molecular weight is 421 g/mol. The molecule has 1 saturated heterocycles. The number of para-hydroxylation sites is 1. The van der Waals surface area contributed by atoms with E-state index in [9.17, 15) is 14.7 Å². The molecule has 0 aromatic heterocycles. The molecule has 0 radical (unpaired) electrons. The summed E-state index contributed by atoms with van der Waals surface area (Å²) >= 11 is 13.3. The summed E-state index contributed by atoms with van der Waals surface area (Å²) in [6.45, 7) is 2.24. The van der Waals surface area contributed by atoms with Gasteiger partial charge in [0.1, 0.15) is 0 Å². The molecule has 0 aliphatic carbocycles. The van der Waals surface area contributed by atoms with E-state index in [2.05, 4.69) is 4.99 Å². The normalized spacial score (nSPS) is 17.1. The number of likely N-dealkylation sites (N-methyl/N-ethyl adjacent to an activating group) is 1. The lowest BCUT2D eigenvalue weighted by molar-refractivity contribution is -0.122. The van der Waals surface area contributed by atoms with Crippen molar-refractivity contribution >= 4 is 63.8 Å². The highest BCUT2D eigenvalue weighted by atomic mass is 35.5. The second kappa shape index (κ2) is 8.17. The molecule has 2 aromatic carbocycles. The molecule has 0 saturated carbocycles. The standard InChI is InChI=1S/C19H14Cl2N2O3S/c1-2-23-17(24)16(9-11-7-8-12(20)10-14(11)21)27-19(23)22-15-6-4-3-5-13(15)18(25)26/h3-10H,2H2,1H3,(H,25,26)/b16-9-,22-19?. The van der Waals surface area contributed by atoms with Gasteiger partial charge in [-0.05, 0) is 54.6 Å². The van der Waals surface area contributed by atoms with Crippen molar-refractivity contribution in [3.63, 3.8) is 0 Å². The Morgan fingerprint density at radius 2 is 2.00 bits per heavy atom. The first-order chi connectivity index (χ1) is 12.9. The minimum absolute atomic E-state index is 0.0762. The fourth-order valence-corrected chi connectivity index (χ4v) is 3.99. The summed E-state index contributed by atoms with van der Waals surface area (Å²) in [5, 5.41) is 10.7. The number of amidine groups is 1. The molecule has 0 atom stereocenters. The van der Waals surface area contributed by atoms with Crippen LogP contribution in [0.15, 0.2) is 52.4 Å². The third kappa shape index (κ3) is 4.18. The fraction of sp³-hybridized carbons (Fsp3) is 0.105. The van der Waals surface area contributed by atoms with Gasteiger partial charge in [-0.2, -0.15) is 0 Å². The van der Waals surface area contributed by atoms with Gasteiger partial charge in [-0.15, -0.1) is 0 Å². The van der Waals surface area contributed by atoms with Crippen molar-refractivity contribution in [2.45, 2.75) is 6.92 Å². The third-order valence-electron chi connectivity index (χ3n) is 3.80. The quantitative estimate of drug-likeness (QED) is 0.679. The van der Waals surface area contributed by atoms with Crippen LogP contribution in [0.1, 0.15) is 22.8 Å². The van der Waals surface area contributed by atoms with Crippen molar-refractivity contribution in [1.29, 1.82) is 0 Å². The smallest absolute Gasteiger partial charge is 0.337 e. The van der Waals surface area contributed by atoms with Crippen LogP contribution in [0, 0.1) is 0 Å². The van der Waals surface area contributed by atoms with Crippen LogP contribution in [-0.4, -0.2) is 33.6 Å². The molecule has 1 amide bonds. The molecule has 8 heteroatoms. The monoisotopic (exact) mass is 420 g/mol. The highest BCUT2D eigenvalue weighted by Gasteiger charge is 2.32. The average Bonchev–Trinajstić information content (AvgIpc) is 2.92. The van der Waals surface area contributed by atoms with Gasteiger partial charge in [-0.3, -0.25) is 9.69 Å². The van der Waals surface area contributed by atoms with E-state index < -0.39 is 5.97 Å². The minimum atomic E-state index is -1.07. The lowest BCUT2D eigenvalue weighted by atomic mass is 10.2. The lowest BCUT2D eigenvalue weighted by Crippen LogP contribution is -2.28. The van der Waals surface area contributed by atoms with Crippen molar-refractivity contribution in [3.05, 3.63) is 68.5 Å². The number of carboxylic acid groups (broad SMARTS) is 1. The number of thioether (sulfide) groups is 1. The number of halogens is 2. The Morgan fingerprint density at radius 1 is 1.26 bits per heavy atom. The summed E-state index contributed by atoms with van der Waals surface area (Å²) in [6.07, 6.45) is 1.68. The number of carbonyl (C=O) groups is 2. The van der Waals surface area contributed by atoms with Gasteiger partial charge in [0.25, 0.3) is 5.91 Å². The topological polar surface area (TPSA) is 70.0 Å². The maximum absolute atomic E-state index is 12.7. The van der Waals surface area contributed by atoms with E-state index in [4.69, 9.17) is 23.2 Å². The number of aliphatic imine (C=N–C) groups is 1. The Morgan fingerprint density at radius 3 is 2.67 bits per heavy atom. The molecule has 0 spiro atoms. The Balaban J connectivity index is 2.00. The predicted octanol–water partition coefficient (Wildman–Crippen LogP) is 5.32. The molecule has 1 N–H and O–H groups in total. The number of nitrogens with zero attached hydrogens (tertiary/aromatic N) is 2. The second-order valence-corrected chi connectivity index (χ2v) is 7.40. The molecule has 5 nitrogen and oxygen atoms in total. The largest absolute Gasteiger partial charge is 0.478 e. The number of carbonyl (C=O) groups excluding carboxylic acids is 1. The Bertz CT molecular complexity index is 989. The Labute approximate surface area is 170 Å². The molecule has 0 unspecified atom stereocenters. The number of carboxylic acids is 1. The van der Waals surface area contributed by atoms with Crippen LogP contribution in [-0.2, 0) is 4.79 Å². The molecule has 2 aromatic rings. The molecule has 3 rings (SSSR count). The number of hydrogen-bond donors (Lipinski definition) is 1. The zero-order valence-electron chi connectivity index (χ0n) is 14.1. The van der Waals surface area contributed by atoms with Gasteiger partial charge < -0.3 is 5.11 Å². The molecule has 27 heavy (non-hydrogen) atoms. The molecule has 1 aliphatic heterocycles. The van der Waals surface area contributed by atoms with Crippen LogP contribution in [0.25, 0.3) is 6.08 Å². The first-order valence-corrected chi connectivity index (χ1v) is 9.55. The Hall–Kier alpha value is -2.28. The third-order valence-corrected chi connectivity index (χ3v) is 5.37. The van der Waals surface area contributed by atoms with Gasteiger partial charge in [0.05, 0.1) is 16.2 Å². The van der Waals surface area contributed by atoms with E-state index in [0.717, 1.165) is 0 Å². The first-order valence-electron chi connectivity index (χ1n) is 7.98. The minimum Gasteiger partial charge on any atom is -0.478 e. The number of amides is 1. The van der Waals surface area contributed by atoms with Crippen LogP contribution >= 0.6 is 35.0 Å². The molecule has 0 bridgehead atoms. The zero-order valence-corrected chi connectivity index (χ0v) is 16.5. The van der Waals surface area contributed by atoms with E-state index >= 15 is 0 Å². The van der Waals surface area contributed by atoms with Gasteiger partial charge >= 0.3 is 5.97 Å². The van der Waals surface area contributed by atoms with E-state index in [-0.39, 0.29) is 11.5 Å². The number of rotatable bonds is 4. The number of benzene rings is 2. The van der Waals surface area contributed by atoms with Gasteiger partial charge in [-0.1, -0.05) is 41.4 Å². The maximum atomic E-state index is 12.7. The summed E-state index contributed by atoms with van der Waals surface area (Å²) in [5.41, 5.74) is 1.04. The number of aromatic carboxylic acids is 1. The van der Waals surface area contributed by atoms with Crippen molar-refractivity contribution < 1.29 is 14.7 Å². The molecule has 1 aliphatic rings. The summed E-state index contributed by atoms with van der Waals surface area (Å²) in [5.74, 6) is -1.28. The summed E-state index contributed by atoms with van der Waals surface area (Å²) < 4.78 is 0. The van der Waals surface area contributed by atoms with Crippen molar-refractivity contribution in [2.75, 3.05) is 6.54 Å².